The van der Waals surface area contributed by atoms with Gasteiger partial charge >= 0.3 is 0 Å². The van der Waals surface area contributed by atoms with Crippen molar-refractivity contribution in [3.8, 4) is 22.3 Å². The fourth-order valence-electron chi connectivity index (χ4n) is 5.04. The SMILES string of the molecule is Br.Br.N=c1ccc(-c2ccccc2)cn1CCCCCCCCCCCCn1cc(-c2ccccc2)ccc1=N. The normalized spacial score (nSPS) is 10.5. The molecule has 0 radical (unpaired) electrons. The summed E-state index contributed by atoms with van der Waals surface area (Å²) in [6, 6.07) is 28.7. The van der Waals surface area contributed by atoms with Gasteiger partial charge in [0, 0.05) is 25.5 Å². The molecule has 0 atom stereocenters. The fraction of sp³-hybridized carbons (Fsp3) is 0.353. The summed E-state index contributed by atoms with van der Waals surface area (Å²) in [5, 5.41) is 16.5. The molecule has 0 aliphatic carbocycles. The van der Waals surface area contributed by atoms with E-state index in [1.165, 1.54) is 73.6 Å². The first-order valence-corrected chi connectivity index (χ1v) is 14.3. The monoisotopic (exact) mass is 666 g/mol. The maximum atomic E-state index is 8.23. The lowest BCUT2D eigenvalue weighted by molar-refractivity contribution is 0.514. The van der Waals surface area contributed by atoms with E-state index < -0.39 is 0 Å². The number of nitrogens with one attached hydrogen (secondary N) is 2. The molecule has 4 nitrogen and oxygen atoms in total. The molecule has 214 valence electrons. The number of nitrogens with zero attached hydrogens (tertiary/aromatic N) is 2. The number of pyridine rings is 2. The second-order valence-electron chi connectivity index (χ2n) is 10.3. The van der Waals surface area contributed by atoms with Gasteiger partial charge in [0.1, 0.15) is 11.0 Å². The summed E-state index contributed by atoms with van der Waals surface area (Å²) in [5.41, 5.74) is 5.95. The number of rotatable bonds is 15. The van der Waals surface area contributed by atoms with Crippen LogP contribution < -0.4 is 11.0 Å². The van der Waals surface area contributed by atoms with Crippen molar-refractivity contribution in [1.82, 2.24) is 9.13 Å². The van der Waals surface area contributed by atoms with Gasteiger partial charge in [0.15, 0.2) is 0 Å². The van der Waals surface area contributed by atoms with Gasteiger partial charge in [-0.3, -0.25) is 10.8 Å². The second kappa shape index (κ2) is 18.6. The molecular weight excluding hydrogens is 624 g/mol. The van der Waals surface area contributed by atoms with Crippen LogP contribution in [0.25, 0.3) is 22.3 Å². The molecule has 0 aliphatic rings. The molecule has 2 heterocycles. The Morgan fingerprint density at radius 3 is 1.05 bits per heavy atom. The minimum atomic E-state index is 0. The van der Waals surface area contributed by atoms with Crippen LogP contribution in [0.15, 0.2) is 97.3 Å². The van der Waals surface area contributed by atoms with Crippen molar-refractivity contribution >= 4 is 34.0 Å². The molecule has 0 unspecified atom stereocenters. The minimum absolute atomic E-state index is 0. The molecule has 0 amide bonds. The van der Waals surface area contributed by atoms with Gasteiger partial charge in [-0.25, -0.2) is 0 Å². The summed E-state index contributed by atoms with van der Waals surface area (Å²) < 4.78 is 4.17. The van der Waals surface area contributed by atoms with Gasteiger partial charge < -0.3 is 9.13 Å². The molecule has 2 aromatic carbocycles. The first-order valence-electron chi connectivity index (χ1n) is 14.3. The Hall–Kier alpha value is -2.70. The maximum Gasteiger partial charge on any atom is 0.124 e. The van der Waals surface area contributed by atoms with Crippen LogP contribution in [0.2, 0.25) is 0 Å². The molecule has 0 bridgehead atoms. The predicted octanol–water partition coefficient (Wildman–Crippen LogP) is 9.34. The average molecular weight is 669 g/mol. The van der Waals surface area contributed by atoms with Crippen molar-refractivity contribution in [2.45, 2.75) is 77.3 Å². The summed E-state index contributed by atoms with van der Waals surface area (Å²) >= 11 is 0. The number of aryl methyl sites for hydroxylation is 2. The van der Waals surface area contributed by atoms with Crippen LogP contribution in [0.4, 0.5) is 0 Å². The van der Waals surface area contributed by atoms with E-state index in [0.29, 0.717) is 11.0 Å². The van der Waals surface area contributed by atoms with Crippen LogP contribution in [-0.4, -0.2) is 9.13 Å². The number of unbranched alkanes of at least 4 members (excludes halogenated alkanes) is 9. The van der Waals surface area contributed by atoms with Gasteiger partial charge in [-0.15, -0.1) is 34.0 Å². The zero-order valence-corrected chi connectivity index (χ0v) is 26.9. The number of benzene rings is 2. The van der Waals surface area contributed by atoms with Crippen molar-refractivity contribution in [2.75, 3.05) is 0 Å². The number of aromatic nitrogens is 2. The van der Waals surface area contributed by atoms with Crippen LogP contribution in [-0.2, 0) is 13.1 Å². The third-order valence-corrected chi connectivity index (χ3v) is 7.31. The van der Waals surface area contributed by atoms with E-state index in [1.54, 1.807) is 0 Å². The molecule has 40 heavy (non-hydrogen) atoms. The first-order chi connectivity index (χ1) is 18.7. The summed E-state index contributed by atoms with van der Waals surface area (Å²) in [5.74, 6) is 0. The zero-order chi connectivity index (χ0) is 26.4. The highest BCUT2D eigenvalue weighted by molar-refractivity contribution is 8.93. The summed E-state index contributed by atoms with van der Waals surface area (Å²) in [4.78, 5) is 0. The third kappa shape index (κ3) is 10.7. The Kier molecular flexibility index (Phi) is 15.6. The molecule has 6 heteroatoms. The van der Waals surface area contributed by atoms with Gasteiger partial charge in [0.05, 0.1) is 0 Å². The molecule has 2 aromatic heterocycles. The highest BCUT2D eigenvalue weighted by Gasteiger charge is 2.02. The lowest BCUT2D eigenvalue weighted by Gasteiger charge is -2.10. The molecule has 2 N–H and O–H groups in total. The Bertz CT molecular complexity index is 1260. The van der Waals surface area contributed by atoms with E-state index in [4.69, 9.17) is 10.8 Å². The van der Waals surface area contributed by atoms with Crippen LogP contribution in [0, 0.1) is 10.8 Å². The molecule has 0 saturated carbocycles. The lowest BCUT2D eigenvalue weighted by atomic mass is 10.1. The summed E-state index contributed by atoms with van der Waals surface area (Å²) in [6.07, 6.45) is 16.8. The van der Waals surface area contributed by atoms with Crippen molar-refractivity contribution in [3.63, 3.8) is 0 Å². The van der Waals surface area contributed by atoms with Crippen molar-refractivity contribution in [3.05, 3.63) is 108 Å². The van der Waals surface area contributed by atoms with Gasteiger partial charge in [-0.1, -0.05) is 112 Å². The molecule has 0 spiro atoms. The lowest BCUT2D eigenvalue weighted by Crippen LogP contribution is -2.18. The van der Waals surface area contributed by atoms with Gasteiger partial charge in [-0.2, -0.15) is 0 Å². The van der Waals surface area contributed by atoms with Crippen molar-refractivity contribution in [1.29, 1.82) is 10.8 Å². The summed E-state index contributed by atoms with van der Waals surface area (Å²) in [7, 11) is 0. The Morgan fingerprint density at radius 2 is 0.700 bits per heavy atom. The molecule has 4 aromatic rings. The van der Waals surface area contributed by atoms with Gasteiger partial charge in [0.25, 0.3) is 0 Å². The average Bonchev–Trinajstić information content (AvgIpc) is 2.96. The standard InChI is InChI=1S/C34H42N4.2BrH/c35-33-23-21-31(29-17-11-9-12-18-29)27-37(33)25-15-7-5-3-1-2-4-6-8-16-26-38-28-32(22-24-34(38)36)30-19-13-10-14-20-30;;/h9-14,17-24,27-28,35-36H,1-8,15-16,25-26H2;2*1H. The summed E-state index contributed by atoms with van der Waals surface area (Å²) in [6.45, 7) is 1.84. The molecule has 0 aliphatic heterocycles. The van der Waals surface area contributed by atoms with Crippen LogP contribution >= 0.6 is 34.0 Å². The van der Waals surface area contributed by atoms with Gasteiger partial charge in [-0.05, 0) is 59.4 Å². The molecular formula is C34H44Br2N4. The van der Waals surface area contributed by atoms with E-state index in [1.807, 2.05) is 36.4 Å². The van der Waals surface area contributed by atoms with Crippen molar-refractivity contribution < 1.29 is 0 Å². The number of hydrogen-bond donors (Lipinski definition) is 2. The van der Waals surface area contributed by atoms with E-state index >= 15 is 0 Å². The molecule has 0 fully saturated rings. The number of hydrogen-bond acceptors (Lipinski definition) is 2. The Balaban J connectivity index is 0.00000280. The molecule has 0 saturated heterocycles. The second-order valence-corrected chi connectivity index (χ2v) is 10.3. The predicted molar refractivity (Wildman–Crippen MR) is 178 cm³/mol. The fourth-order valence-corrected chi connectivity index (χ4v) is 5.04. The largest absolute Gasteiger partial charge is 0.333 e. The maximum absolute atomic E-state index is 8.23. The van der Waals surface area contributed by atoms with E-state index in [-0.39, 0.29) is 34.0 Å². The van der Waals surface area contributed by atoms with Crippen LogP contribution in [0.3, 0.4) is 0 Å². The molecule has 4 rings (SSSR count). The third-order valence-electron chi connectivity index (χ3n) is 7.31. The highest BCUT2D eigenvalue weighted by atomic mass is 79.9. The Labute approximate surface area is 260 Å². The highest BCUT2D eigenvalue weighted by Crippen LogP contribution is 2.18. The van der Waals surface area contributed by atoms with E-state index in [2.05, 4.69) is 70.1 Å². The topological polar surface area (TPSA) is 57.6 Å². The van der Waals surface area contributed by atoms with Gasteiger partial charge in [0.2, 0.25) is 0 Å². The zero-order valence-electron chi connectivity index (χ0n) is 23.4. The van der Waals surface area contributed by atoms with E-state index in [0.717, 1.165) is 25.9 Å². The smallest absolute Gasteiger partial charge is 0.124 e. The van der Waals surface area contributed by atoms with E-state index in [9.17, 15) is 0 Å². The number of halogens is 2. The quantitative estimate of drug-likeness (QED) is 0.119. The minimum Gasteiger partial charge on any atom is -0.333 e. The van der Waals surface area contributed by atoms with Crippen LogP contribution in [0.5, 0.6) is 0 Å². The Morgan fingerprint density at radius 1 is 0.375 bits per heavy atom. The first kappa shape index (κ1) is 33.5. The van der Waals surface area contributed by atoms with Crippen LogP contribution in [0.1, 0.15) is 64.2 Å². The van der Waals surface area contributed by atoms with Crippen molar-refractivity contribution in [2.24, 2.45) is 0 Å².